The third-order valence-corrected chi connectivity index (χ3v) is 5.65. The van der Waals surface area contributed by atoms with Gasteiger partial charge in [0.1, 0.15) is 5.76 Å². The normalized spacial score (nSPS) is 19.9. The van der Waals surface area contributed by atoms with Gasteiger partial charge in [0.25, 0.3) is 0 Å². The quantitative estimate of drug-likeness (QED) is 0.866. The lowest BCUT2D eigenvalue weighted by molar-refractivity contribution is 0.0661. The summed E-state index contributed by atoms with van der Waals surface area (Å²) in [6, 6.07) is 1.60. The SMILES string of the molecule is Cc1oc(C(=O)O)cc1CNCC1CSCCS1. The Labute approximate surface area is 115 Å². The number of rotatable bonds is 5. The number of carboxylic acid groups (broad SMARTS) is 1. The van der Waals surface area contributed by atoms with Crippen LogP contribution in [0.1, 0.15) is 21.9 Å². The fourth-order valence-electron chi connectivity index (χ4n) is 1.82. The Balaban J connectivity index is 1.80. The molecule has 0 aliphatic carbocycles. The van der Waals surface area contributed by atoms with Gasteiger partial charge < -0.3 is 14.8 Å². The molecule has 1 aliphatic heterocycles. The molecular formula is C12H17NO3S2. The topological polar surface area (TPSA) is 62.5 Å². The van der Waals surface area contributed by atoms with E-state index >= 15 is 0 Å². The van der Waals surface area contributed by atoms with Crippen LogP contribution in [-0.4, -0.2) is 40.1 Å². The molecule has 4 nitrogen and oxygen atoms in total. The van der Waals surface area contributed by atoms with Crippen LogP contribution in [0.25, 0.3) is 0 Å². The maximum atomic E-state index is 10.8. The lowest BCUT2D eigenvalue weighted by Crippen LogP contribution is -2.28. The van der Waals surface area contributed by atoms with E-state index < -0.39 is 5.97 Å². The van der Waals surface area contributed by atoms with Crippen LogP contribution in [0.4, 0.5) is 0 Å². The number of hydrogen-bond acceptors (Lipinski definition) is 5. The zero-order valence-electron chi connectivity index (χ0n) is 10.3. The van der Waals surface area contributed by atoms with Crippen molar-refractivity contribution in [3.05, 3.63) is 23.2 Å². The Hall–Kier alpha value is -0.590. The molecule has 18 heavy (non-hydrogen) atoms. The average Bonchev–Trinajstić information content (AvgIpc) is 2.73. The van der Waals surface area contributed by atoms with Crippen molar-refractivity contribution in [1.29, 1.82) is 0 Å². The largest absolute Gasteiger partial charge is 0.475 e. The fraction of sp³-hybridized carbons (Fsp3) is 0.583. The van der Waals surface area contributed by atoms with Crippen LogP contribution in [0, 0.1) is 6.92 Å². The van der Waals surface area contributed by atoms with Crippen molar-refractivity contribution in [2.75, 3.05) is 23.8 Å². The second-order valence-corrected chi connectivity index (χ2v) is 6.75. The van der Waals surface area contributed by atoms with E-state index in [0.717, 1.165) is 12.1 Å². The van der Waals surface area contributed by atoms with Crippen molar-refractivity contribution in [1.82, 2.24) is 5.32 Å². The minimum absolute atomic E-state index is 0.0203. The maximum absolute atomic E-state index is 10.8. The molecule has 1 fully saturated rings. The number of aryl methyl sites for hydroxylation is 1. The van der Waals surface area contributed by atoms with Crippen LogP contribution in [0.3, 0.4) is 0 Å². The Morgan fingerprint density at radius 2 is 2.44 bits per heavy atom. The summed E-state index contributed by atoms with van der Waals surface area (Å²) in [6.45, 7) is 3.43. The molecule has 2 heterocycles. The first-order valence-corrected chi connectivity index (χ1v) is 8.10. The van der Waals surface area contributed by atoms with E-state index in [1.165, 1.54) is 17.3 Å². The highest BCUT2D eigenvalue weighted by Crippen LogP contribution is 2.23. The molecule has 2 rings (SSSR count). The van der Waals surface area contributed by atoms with Crippen molar-refractivity contribution >= 4 is 29.5 Å². The first-order chi connectivity index (χ1) is 8.66. The molecule has 1 aromatic heterocycles. The van der Waals surface area contributed by atoms with Gasteiger partial charge in [-0.2, -0.15) is 23.5 Å². The summed E-state index contributed by atoms with van der Waals surface area (Å²) in [6.07, 6.45) is 0. The van der Waals surface area contributed by atoms with E-state index in [-0.39, 0.29) is 5.76 Å². The molecule has 1 unspecified atom stereocenters. The van der Waals surface area contributed by atoms with Crippen LogP contribution in [0.5, 0.6) is 0 Å². The first kappa shape index (κ1) is 13.8. The minimum atomic E-state index is -1.01. The summed E-state index contributed by atoms with van der Waals surface area (Å²) in [5.74, 6) is 3.37. The van der Waals surface area contributed by atoms with E-state index in [1.807, 2.05) is 23.5 Å². The van der Waals surface area contributed by atoms with Gasteiger partial charge in [0.2, 0.25) is 5.76 Å². The summed E-state index contributed by atoms with van der Waals surface area (Å²) < 4.78 is 5.17. The molecule has 0 amide bonds. The highest BCUT2D eigenvalue weighted by atomic mass is 32.2. The van der Waals surface area contributed by atoms with E-state index in [9.17, 15) is 4.79 Å². The van der Waals surface area contributed by atoms with E-state index in [4.69, 9.17) is 9.52 Å². The van der Waals surface area contributed by atoms with Crippen molar-refractivity contribution in [2.45, 2.75) is 18.7 Å². The number of carbonyl (C=O) groups is 1. The maximum Gasteiger partial charge on any atom is 0.371 e. The Bertz CT molecular complexity index is 413. The molecule has 0 saturated carbocycles. The Morgan fingerprint density at radius 1 is 1.61 bits per heavy atom. The number of thioether (sulfide) groups is 2. The van der Waals surface area contributed by atoms with Crippen LogP contribution in [0.2, 0.25) is 0 Å². The average molecular weight is 287 g/mol. The lowest BCUT2D eigenvalue weighted by Gasteiger charge is -2.21. The Kier molecular flexibility index (Phi) is 5.03. The van der Waals surface area contributed by atoms with E-state index in [2.05, 4.69) is 5.32 Å². The standard InChI is InChI=1S/C12H17NO3S2/c1-8-9(4-11(16-8)12(14)15)5-13-6-10-7-17-2-3-18-10/h4,10,13H,2-3,5-7H2,1H3,(H,14,15). The van der Waals surface area contributed by atoms with Gasteiger partial charge in [-0.05, 0) is 13.0 Å². The number of furan rings is 1. The van der Waals surface area contributed by atoms with Gasteiger partial charge in [-0.3, -0.25) is 0 Å². The summed E-state index contributed by atoms with van der Waals surface area (Å²) in [4.78, 5) is 10.8. The highest BCUT2D eigenvalue weighted by molar-refractivity contribution is 8.06. The van der Waals surface area contributed by atoms with Crippen LogP contribution < -0.4 is 5.32 Å². The van der Waals surface area contributed by atoms with E-state index in [1.54, 1.807) is 13.0 Å². The van der Waals surface area contributed by atoms with E-state index in [0.29, 0.717) is 17.6 Å². The molecule has 1 atom stereocenters. The molecule has 0 radical (unpaired) electrons. The number of aromatic carboxylic acids is 1. The summed E-state index contributed by atoms with van der Waals surface area (Å²) in [5, 5.41) is 12.9. The van der Waals surface area contributed by atoms with Crippen molar-refractivity contribution in [3.63, 3.8) is 0 Å². The van der Waals surface area contributed by atoms with Crippen molar-refractivity contribution in [3.8, 4) is 0 Å². The number of hydrogen-bond donors (Lipinski definition) is 2. The Morgan fingerprint density at radius 3 is 3.06 bits per heavy atom. The number of carboxylic acids is 1. The molecule has 100 valence electrons. The van der Waals surface area contributed by atoms with Crippen LogP contribution >= 0.6 is 23.5 Å². The zero-order chi connectivity index (χ0) is 13.0. The molecule has 6 heteroatoms. The predicted molar refractivity (Wildman–Crippen MR) is 75.7 cm³/mol. The monoisotopic (exact) mass is 287 g/mol. The molecule has 0 aromatic carbocycles. The van der Waals surface area contributed by atoms with Gasteiger partial charge in [-0.15, -0.1) is 0 Å². The molecule has 0 spiro atoms. The molecular weight excluding hydrogens is 270 g/mol. The highest BCUT2D eigenvalue weighted by Gasteiger charge is 2.15. The van der Waals surface area contributed by atoms with Crippen molar-refractivity contribution < 1.29 is 14.3 Å². The molecule has 0 bridgehead atoms. The second-order valence-electron chi connectivity index (χ2n) is 4.20. The number of nitrogens with one attached hydrogen (secondary N) is 1. The van der Waals surface area contributed by atoms with Gasteiger partial charge in [-0.25, -0.2) is 4.79 Å². The molecule has 1 saturated heterocycles. The molecule has 1 aromatic rings. The molecule has 1 aliphatic rings. The summed E-state index contributed by atoms with van der Waals surface area (Å²) >= 11 is 4.02. The second kappa shape index (κ2) is 6.54. The predicted octanol–water partition coefficient (Wildman–Crippen LogP) is 2.22. The molecule has 2 N–H and O–H groups in total. The first-order valence-electron chi connectivity index (χ1n) is 5.89. The summed E-state index contributed by atoms with van der Waals surface area (Å²) in [7, 11) is 0. The van der Waals surface area contributed by atoms with Gasteiger partial charge in [0.15, 0.2) is 0 Å². The van der Waals surface area contributed by atoms with Crippen LogP contribution in [-0.2, 0) is 6.54 Å². The fourth-order valence-corrected chi connectivity index (χ4v) is 4.47. The van der Waals surface area contributed by atoms with Crippen LogP contribution in [0.15, 0.2) is 10.5 Å². The van der Waals surface area contributed by atoms with Gasteiger partial charge in [-0.1, -0.05) is 0 Å². The lowest BCUT2D eigenvalue weighted by atomic mass is 10.2. The zero-order valence-corrected chi connectivity index (χ0v) is 11.9. The minimum Gasteiger partial charge on any atom is -0.475 e. The van der Waals surface area contributed by atoms with Gasteiger partial charge in [0, 0.05) is 41.2 Å². The third-order valence-electron chi connectivity index (χ3n) is 2.80. The smallest absolute Gasteiger partial charge is 0.371 e. The van der Waals surface area contributed by atoms with Gasteiger partial charge in [0.05, 0.1) is 0 Å². The van der Waals surface area contributed by atoms with Crippen molar-refractivity contribution in [2.24, 2.45) is 0 Å². The third kappa shape index (κ3) is 3.70. The summed E-state index contributed by atoms with van der Waals surface area (Å²) in [5.41, 5.74) is 0.931. The van der Waals surface area contributed by atoms with Gasteiger partial charge >= 0.3 is 5.97 Å².